The first-order chi connectivity index (χ1) is 6.41. The zero-order chi connectivity index (χ0) is 10.9. The van der Waals surface area contributed by atoms with Crippen molar-refractivity contribution in [2.45, 2.75) is 19.4 Å². The van der Waals surface area contributed by atoms with Gasteiger partial charge in [-0.05, 0) is 13.8 Å². The van der Waals surface area contributed by atoms with Crippen molar-refractivity contribution >= 4 is 11.9 Å². The summed E-state index contributed by atoms with van der Waals surface area (Å²) >= 11 is 0. The topological polar surface area (TPSA) is 61.9 Å². The number of piperazine rings is 1. The highest BCUT2D eigenvalue weighted by Crippen LogP contribution is 2.20. The summed E-state index contributed by atoms with van der Waals surface area (Å²) in [5, 5.41) is 0. The van der Waals surface area contributed by atoms with E-state index in [0.717, 1.165) is 6.54 Å². The Morgan fingerprint density at radius 3 is 2.57 bits per heavy atom. The molecule has 2 N–H and O–H groups in total. The van der Waals surface area contributed by atoms with Crippen molar-refractivity contribution in [2.24, 2.45) is 10.7 Å². The van der Waals surface area contributed by atoms with Crippen molar-refractivity contribution in [1.82, 2.24) is 9.80 Å². The Bertz CT molecular complexity index is 272. The lowest BCUT2D eigenvalue weighted by molar-refractivity contribution is -0.143. The van der Waals surface area contributed by atoms with Crippen molar-refractivity contribution in [1.29, 1.82) is 0 Å². The van der Waals surface area contributed by atoms with Crippen molar-refractivity contribution in [3.05, 3.63) is 0 Å². The fourth-order valence-electron chi connectivity index (χ4n) is 1.74. The Balaban J connectivity index is 2.95. The van der Waals surface area contributed by atoms with Crippen LogP contribution in [-0.2, 0) is 4.79 Å². The third-order valence-corrected chi connectivity index (χ3v) is 2.71. The maximum absolute atomic E-state index is 11.9. The van der Waals surface area contributed by atoms with Crippen molar-refractivity contribution in [3.8, 4) is 0 Å². The summed E-state index contributed by atoms with van der Waals surface area (Å²) in [6.45, 7) is 5.16. The van der Waals surface area contributed by atoms with E-state index in [1.54, 1.807) is 19.0 Å². The first-order valence-corrected chi connectivity index (χ1v) is 4.66. The fourth-order valence-corrected chi connectivity index (χ4v) is 1.74. The molecule has 0 radical (unpaired) electrons. The lowest BCUT2D eigenvalue weighted by atomic mass is 9.98. The molecule has 14 heavy (non-hydrogen) atoms. The maximum atomic E-state index is 11.9. The normalized spacial score (nSPS) is 22.9. The van der Waals surface area contributed by atoms with Gasteiger partial charge in [-0.15, -0.1) is 0 Å². The third kappa shape index (κ3) is 1.54. The number of carbonyl (C=O) groups is 1. The van der Waals surface area contributed by atoms with Gasteiger partial charge in [-0.3, -0.25) is 9.79 Å². The van der Waals surface area contributed by atoms with Crippen LogP contribution in [0.15, 0.2) is 4.99 Å². The minimum absolute atomic E-state index is 0.0790. The highest BCUT2D eigenvalue weighted by molar-refractivity contribution is 5.92. The number of nitrogens with zero attached hydrogens (tertiary/aromatic N) is 3. The quantitative estimate of drug-likeness (QED) is 0.421. The summed E-state index contributed by atoms with van der Waals surface area (Å²) in [6.07, 6.45) is 0. The number of hydrogen-bond donors (Lipinski definition) is 1. The summed E-state index contributed by atoms with van der Waals surface area (Å²) in [5.41, 5.74) is 5.15. The molecule has 0 unspecified atom stereocenters. The van der Waals surface area contributed by atoms with Crippen LogP contribution in [0.2, 0.25) is 0 Å². The number of rotatable bonds is 0. The first kappa shape index (κ1) is 10.8. The Kier molecular flexibility index (Phi) is 2.69. The van der Waals surface area contributed by atoms with E-state index in [-0.39, 0.29) is 5.91 Å². The number of likely N-dealkylation sites (N-methyl/N-ethyl adjacent to an activating group) is 1. The second-order valence-corrected chi connectivity index (χ2v) is 4.02. The molecule has 1 aliphatic heterocycles. The Labute approximate surface area is 84.6 Å². The van der Waals surface area contributed by atoms with Crippen molar-refractivity contribution < 1.29 is 4.79 Å². The second-order valence-electron chi connectivity index (χ2n) is 4.02. The predicted molar refractivity (Wildman–Crippen MR) is 56.0 cm³/mol. The van der Waals surface area contributed by atoms with Crippen LogP contribution in [0.3, 0.4) is 0 Å². The van der Waals surface area contributed by atoms with Gasteiger partial charge in [0.15, 0.2) is 5.96 Å². The summed E-state index contributed by atoms with van der Waals surface area (Å²) in [4.78, 5) is 19.3. The summed E-state index contributed by atoms with van der Waals surface area (Å²) < 4.78 is 0. The molecular formula is C9H18N4O. The van der Waals surface area contributed by atoms with Gasteiger partial charge in [-0.1, -0.05) is 0 Å². The molecule has 80 valence electrons. The van der Waals surface area contributed by atoms with E-state index < -0.39 is 5.54 Å². The Morgan fingerprint density at radius 2 is 2.07 bits per heavy atom. The van der Waals surface area contributed by atoms with Gasteiger partial charge in [0.1, 0.15) is 5.54 Å². The lowest BCUT2D eigenvalue weighted by Crippen LogP contribution is -2.65. The molecule has 1 aliphatic rings. The number of guanidine groups is 1. The monoisotopic (exact) mass is 198 g/mol. The van der Waals surface area contributed by atoms with E-state index >= 15 is 0 Å². The molecule has 0 saturated carbocycles. The minimum atomic E-state index is -0.587. The van der Waals surface area contributed by atoms with E-state index in [1.165, 1.54) is 0 Å². The van der Waals surface area contributed by atoms with Crippen molar-refractivity contribution in [2.75, 3.05) is 27.2 Å². The standard InChI is InChI=1S/C9H18N4O/c1-9(2)7(14)12(4)5-6-13(9)8(10)11-3/h5-6H2,1-4H3,(H2,10,11). The molecule has 0 aliphatic carbocycles. The van der Waals surface area contributed by atoms with Crippen LogP contribution in [0.1, 0.15) is 13.8 Å². The molecule has 0 aromatic heterocycles. The molecule has 1 heterocycles. The molecule has 5 heteroatoms. The molecule has 1 amide bonds. The van der Waals surface area contributed by atoms with Gasteiger partial charge in [-0.25, -0.2) is 0 Å². The minimum Gasteiger partial charge on any atom is -0.370 e. The van der Waals surface area contributed by atoms with E-state index in [4.69, 9.17) is 5.73 Å². The molecule has 1 rings (SSSR count). The molecule has 5 nitrogen and oxygen atoms in total. The third-order valence-electron chi connectivity index (χ3n) is 2.71. The maximum Gasteiger partial charge on any atom is 0.247 e. The second kappa shape index (κ2) is 3.48. The smallest absolute Gasteiger partial charge is 0.247 e. The average molecular weight is 198 g/mol. The molecule has 0 bridgehead atoms. The zero-order valence-electron chi connectivity index (χ0n) is 9.24. The molecule has 0 aromatic rings. The van der Waals surface area contributed by atoms with E-state index in [0.29, 0.717) is 12.5 Å². The number of amides is 1. The summed E-state index contributed by atoms with van der Waals surface area (Å²) in [6, 6.07) is 0. The van der Waals surface area contributed by atoms with Gasteiger partial charge in [0.2, 0.25) is 5.91 Å². The van der Waals surface area contributed by atoms with Gasteiger partial charge in [0, 0.05) is 27.2 Å². The SMILES string of the molecule is CN=C(N)N1CCN(C)C(=O)C1(C)C. The van der Waals surface area contributed by atoms with Crippen LogP contribution in [0.25, 0.3) is 0 Å². The number of carbonyl (C=O) groups excluding carboxylic acids is 1. The largest absolute Gasteiger partial charge is 0.370 e. The zero-order valence-corrected chi connectivity index (χ0v) is 9.24. The Hall–Kier alpha value is -1.26. The van der Waals surface area contributed by atoms with Gasteiger partial charge in [0.05, 0.1) is 0 Å². The molecule has 0 aromatic carbocycles. The average Bonchev–Trinajstić information content (AvgIpc) is 2.13. The van der Waals surface area contributed by atoms with Crippen LogP contribution in [0.5, 0.6) is 0 Å². The van der Waals surface area contributed by atoms with E-state index in [9.17, 15) is 4.79 Å². The van der Waals surface area contributed by atoms with Crippen LogP contribution in [0.4, 0.5) is 0 Å². The number of nitrogens with two attached hydrogens (primary N) is 1. The molecule has 0 spiro atoms. The van der Waals surface area contributed by atoms with E-state index in [1.807, 2.05) is 18.7 Å². The highest BCUT2D eigenvalue weighted by atomic mass is 16.2. The van der Waals surface area contributed by atoms with Crippen LogP contribution in [-0.4, -0.2) is 54.4 Å². The van der Waals surface area contributed by atoms with Gasteiger partial charge >= 0.3 is 0 Å². The molecule has 1 fully saturated rings. The van der Waals surface area contributed by atoms with Gasteiger partial charge < -0.3 is 15.5 Å². The van der Waals surface area contributed by atoms with Crippen LogP contribution in [0, 0.1) is 0 Å². The van der Waals surface area contributed by atoms with Gasteiger partial charge in [-0.2, -0.15) is 0 Å². The van der Waals surface area contributed by atoms with Gasteiger partial charge in [0.25, 0.3) is 0 Å². The van der Waals surface area contributed by atoms with Crippen LogP contribution < -0.4 is 5.73 Å². The van der Waals surface area contributed by atoms with E-state index in [2.05, 4.69) is 4.99 Å². The number of aliphatic imine (C=N–C) groups is 1. The lowest BCUT2D eigenvalue weighted by Gasteiger charge is -2.45. The summed E-state index contributed by atoms with van der Waals surface area (Å²) in [7, 11) is 3.44. The first-order valence-electron chi connectivity index (χ1n) is 4.66. The molecular weight excluding hydrogens is 180 g/mol. The number of hydrogen-bond acceptors (Lipinski definition) is 2. The molecule has 1 saturated heterocycles. The van der Waals surface area contributed by atoms with Crippen LogP contribution >= 0.6 is 0 Å². The summed E-state index contributed by atoms with van der Waals surface area (Å²) in [5.74, 6) is 0.506. The fraction of sp³-hybridized carbons (Fsp3) is 0.778. The Morgan fingerprint density at radius 1 is 1.50 bits per heavy atom. The highest BCUT2D eigenvalue weighted by Gasteiger charge is 2.41. The van der Waals surface area contributed by atoms with Crippen molar-refractivity contribution in [3.63, 3.8) is 0 Å². The molecule has 0 atom stereocenters. The predicted octanol–water partition coefficient (Wildman–Crippen LogP) is -0.516.